The molecule has 0 amide bonds. The molecule has 0 saturated heterocycles. The molecule has 0 fully saturated rings. The summed E-state index contributed by atoms with van der Waals surface area (Å²) in [6, 6.07) is 16.9. The van der Waals surface area contributed by atoms with E-state index in [1.165, 1.54) is 48.5 Å². The lowest BCUT2D eigenvalue weighted by Gasteiger charge is -2.52. The lowest BCUT2D eigenvalue weighted by atomic mass is 9.65. The number of sulfonamides is 1. The van der Waals surface area contributed by atoms with Crippen molar-refractivity contribution in [1.29, 1.82) is 5.26 Å². The number of carbonyl (C=O) groups is 4. The first-order valence-corrected chi connectivity index (χ1v) is 15.9. The van der Waals surface area contributed by atoms with Gasteiger partial charge in [-0.25, -0.2) is 18.0 Å². The van der Waals surface area contributed by atoms with Crippen LogP contribution in [0.25, 0.3) is 0 Å². The summed E-state index contributed by atoms with van der Waals surface area (Å²) in [5.74, 6) is -9.32. The third kappa shape index (κ3) is 5.75. The molecule has 4 rings (SSSR count). The SMILES string of the molecule is COC(=O)C(C(=O)OC)[C@@H]1c2cc(N(C)C)ccc2[C@@H](c2ccc(C#N)cc2)N(S(=O)(=O)c2ccc(C)cc2)C1(C(=O)OC)C(=O)OC. The third-order valence-corrected chi connectivity index (χ3v) is 10.3. The minimum atomic E-state index is -4.96. The van der Waals surface area contributed by atoms with Crippen molar-refractivity contribution in [2.45, 2.75) is 29.3 Å². The average Bonchev–Trinajstić information content (AvgIpc) is 3.10. The van der Waals surface area contributed by atoms with Gasteiger partial charge in [0.2, 0.25) is 15.6 Å². The molecule has 1 aliphatic rings. The van der Waals surface area contributed by atoms with Gasteiger partial charge in [-0.1, -0.05) is 35.9 Å². The van der Waals surface area contributed by atoms with Crippen LogP contribution in [0.3, 0.4) is 0 Å². The number of hydrogen-bond donors (Lipinski definition) is 0. The van der Waals surface area contributed by atoms with Gasteiger partial charge in [0.15, 0.2) is 5.92 Å². The van der Waals surface area contributed by atoms with E-state index in [2.05, 4.69) is 0 Å². The Balaban J connectivity index is 2.36. The molecule has 0 aromatic heterocycles. The molecule has 13 nitrogen and oxygen atoms in total. The van der Waals surface area contributed by atoms with Gasteiger partial charge < -0.3 is 23.8 Å². The fourth-order valence-electron chi connectivity index (χ4n) is 6.13. The Morgan fingerprint density at radius 3 is 1.81 bits per heavy atom. The van der Waals surface area contributed by atoms with Crippen molar-refractivity contribution in [3.63, 3.8) is 0 Å². The third-order valence-electron chi connectivity index (χ3n) is 8.42. The van der Waals surface area contributed by atoms with Gasteiger partial charge in [-0.15, -0.1) is 0 Å². The summed E-state index contributed by atoms with van der Waals surface area (Å²) < 4.78 is 51.3. The van der Waals surface area contributed by atoms with Crippen molar-refractivity contribution in [2.24, 2.45) is 5.92 Å². The zero-order valence-corrected chi connectivity index (χ0v) is 28.2. The number of carbonyl (C=O) groups excluding carboxylic acids is 4. The Morgan fingerprint density at radius 1 is 0.812 bits per heavy atom. The minimum absolute atomic E-state index is 0.0718. The lowest BCUT2D eigenvalue weighted by Crippen LogP contribution is -2.70. The monoisotopic (exact) mass is 677 g/mol. The highest BCUT2D eigenvalue weighted by Crippen LogP contribution is 2.56. The van der Waals surface area contributed by atoms with Crippen molar-refractivity contribution in [2.75, 3.05) is 47.4 Å². The van der Waals surface area contributed by atoms with E-state index in [0.717, 1.165) is 34.0 Å². The Kier molecular flexibility index (Phi) is 10.3. The second-order valence-corrected chi connectivity index (χ2v) is 13.0. The molecule has 1 aliphatic heterocycles. The molecule has 48 heavy (non-hydrogen) atoms. The van der Waals surface area contributed by atoms with E-state index in [0.29, 0.717) is 9.99 Å². The van der Waals surface area contributed by atoms with Crippen LogP contribution in [0.15, 0.2) is 71.6 Å². The molecule has 0 radical (unpaired) electrons. The molecular weight excluding hydrogens is 642 g/mol. The summed E-state index contributed by atoms with van der Waals surface area (Å²) in [4.78, 5) is 57.6. The van der Waals surface area contributed by atoms with Crippen LogP contribution in [0.2, 0.25) is 0 Å². The Bertz CT molecular complexity index is 1850. The Morgan fingerprint density at radius 2 is 1.35 bits per heavy atom. The number of fused-ring (bicyclic) bond motifs is 1. The predicted octanol–water partition coefficient (Wildman–Crippen LogP) is 2.86. The second kappa shape index (κ2) is 13.8. The van der Waals surface area contributed by atoms with Crippen LogP contribution >= 0.6 is 0 Å². The summed E-state index contributed by atoms with van der Waals surface area (Å²) in [5, 5.41) is 9.50. The van der Waals surface area contributed by atoms with E-state index in [-0.39, 0.29) is 27.1 Å². The smallest absolute Gasteiger partial charge is 0.339 e. The fourth-order valence-corrected chi connectivity index (χ4v) is 7.99. The maximum atomic E-state index is 15.1. The number of rotatable bonds is 9. The number of nitrogens with zero attached hydrogens (tertiary/aromatic N) is 3. The number of benzene rings is 3. The normalized spacial score (nSPS) is 17.0. The van der Waals surface area contributed by atoms with Crippen molar-refractivity contribution in [1.82, 2.24) is 4.31 Å². The first kappa shape index (κ1) is 35.6. The van der Waals surface area contributed by atoms with Crippen LogP contribution in [-0.4, -0.2) is 84.7 Å². The van der Waals surface area contributed by atoms with Crippen LogP contribution < -0.4 is 4.90 Å². The molecule has 0 unspecified atom stereocenters. The van der Waals surface area contributed by atoms with Crippen LogP contribution in [0.4, 0.5) is 5.69 Å². The number of aryl methyl sites for hydroxylation is 1. The standard InChI is InChI=1S/C34H35N3O10S/c1-20-8-15-24(16-9-20)48(42,43)37-29(22-12-10-21(19-35)11-13-22)25-17-14-23(36(2)3)18-26(25)28(27(30(38)44-4)31(39)45-5)34(37,32(40)46-6)33(41)47-7/h8-18,27-29H,1-7H3/t28-,29+/m0/s1. The Hall–Kier alpha value is -5.26. The molecule has 1 heterocycles. The van der Waals surface area contributed by atoms with Gasteiger partial charge in [-0.2, -0.15) is 9.57 Å². The number of methoxy groups -OCH3 is 4. The first-order valence-electron chi connectivity index (χ1n) is 14.5. The molecule has 0 spiro atoms. The summed E-state index contributed by atoms with van der Waals surface area (Å²) in [7, 11) is 2.35. The van der Waals surface area contributed by atoms with Crippen LogP contribution in [0.1, 0.15) is 39.8 Å². The topological polar surface area (TPSA) is 170 Å². The number of esters is 4. The van der Waals surface area contributed by atoms with Gasteiger partial charge >= 0.3 is 23.9 Å². The molecule has 0 N–H and O–H groups in total. The van der Waals surface area contributed by atoms with E-state index in [9.17, 15) is 24.4 Å². The lowest BCUT2D eigenvalue weighted by molar-refractivity contribution is -0.177. The molecule has 252 valence electrons. The zero-order chi connectivity index (χ0) is 35.6. The minimum Gasteiger partial charge on any atom is -0.468 e. The quantitative estimate of drug-likeness (QED) is 0.185. The summed E-state index contributed by atoms with van der Waals surface area (Å²) in [5.41, 5.74) is -1.05. The predicted molar refractivity (Wildman–Crippen MR) is 171 cm³/mol. The maximum absolute atomic E-state index is 15.1. The van der Waals surface area contributed by atoms with Crippen molar-refractivity contribution < 1.29 is 46.5 Å². The first-order chi connectivity index (χ1) is 22.7. The molecule has 0 aliphatic carbocycles. The highest BCUT2D eigenvalue weighted by atomic mass is 32.2. The van der Waals surface area contributed by atoms with Crippen molar-refractivity contribution >= 4 is 39.6 Å². The van der Waals surface area contributed by atoms with Gasteiger partial charge in [-0.3, -0.25) is 9.59 Å². The number of nitriles is 1. The van der Waals surface area contributed by atoms with Gasteiger partial charge in [0.1, 0.15) is 0 Å². The zero-order valence-electron chi connectivity index (χ0n) is 27.4. The van der Waals surface area contributed by atoms with E-state index in [4.69, 9.17) is 18.9 Å². The van der Waals surface area contributed by atoms with Crippen molar-refractivity contribution in [3.05, 3.63) is 94.5 Å². The molecule has 2 atom stereocenters. The molecule has 3 aromatic rings. The highest BCUT2D eigenvalue weighted by molar-refractivity contribution is 7.89. The molecule has 3 aromatic carbocycles. The van der Waals surface area contributed by atoms with Gasteiger partial charge in [0.25, 0.3) is 0 Å². The highest BCUT2D eigenvalue weighted by Gasteiger charge is 2.71. The van der Waals surface area contributed by atoms with Gasteiger partial charge in [-0.05, 0) is 60.0 Å². The largest absolute Gasteiger partial charge is 0.468 e. The summed E-state index contributed by atoms with van der Waals surface area (Å²) in [6.45, 7) is 1.75. The van der Waals surface area contributed by atoms with E-state index >= 15 is 8.42 Å². The molecule has 14 heteroatoms. The van der Waals surface area contributed by atoms with E-state index < -0.39 is 57.3 Å². The molecule has 0 bridgehead atoms. The average molecular weight is 678 g/mol. The molecule has 0 saturated carbocycles. The van der Waals surface area contributed by atoms with E-state index in [1.807, 2.05) is 6.07 Å². The molecular formula is C34H35N3O10S. The number of ether oxygens (including phenoxy) is 4. The van der Waals surface area contributed by atoms with Gasteiger partial charge in [0, 0.05) is 25.7 Å². The number of anilines is 1. The number of hydrogen-bond acceptors (Lipinski definition) is 12. The van der Waals surface area contributed by atoms with Crippen LogP contribution in [0.5, 0.6) is 0 Å². The van der Waals surface area contributed by atoms with E-state index in [1.54, 1.807) is 44.1 Å². The summed E-state index contributed by atoms with van der Waals surface area (Å²) in [6.07, 6.45) is 0. The Labute approximate surface area is 278 Å². The van der Waals surface area contributed by atoms with Crippen molar-refractivity contribution in [3.8, 4) is 6.07 Å². The maximum Gasteiger partial charge on any atom is 0.339 e. The second-order valence-electron chi connectivity index (χ2n) is 11.2. The van der Waals surface area contributed by atoms with Gasteiger partial charge in [0.05, 0.1) is 51.0 Å². The van der Waals surface area contributed by atoms with Crippen LogP contribution in [-0.2, 0) is 48.1 Å². The fraction of sp³-hybridized carbons (Fsp3) is 0.324. The summed E-state index contributed by atoms with van der Waals surface area (Å²) >= 11 is 0. The van der Waals surface area contributed by atoms with Crippen LogP contribution in [0, 0.1) is 24.2 Å².